The van der Waals surface area contributed by atoms with E-state index in [0.29, 0.717) is 5.82 Å². The summed E-state index contributed by atoms with van der Waals surface area (Å²) in [5, 5.41) is 4.23. The number of nitrogen functional groups attached to an aromatic ring is 1. The Balaban J connectivity index is 2.32. The van der Waals surface area contributed by atoms with Crippen LogP contribution in [0.3, 0.4) is 0 Å². The number of anilines is 1. The van der Waals surface area contributed by atoms with E-state index < -0.39 is 0 Å². The molecule has 0 aliphatic carbocycles. The van der Waals surface area contributed by atoms with E-state index in [1.54, 1.807) is 0 Å². The van der Waals surface area contributed by atoms with Crippen molar-refractivity contribution in [3.8, 4) is 11.1 Å². The number of fused-ring (bicyclic) bond motifs is 1. The lowest BCUT2D eigenvalue weighted by molar-refractivity contribution is 0.875. The van der Waals surface area contributed by atoms with Crippen LogP contribution >= 0.6 is 0 Å². The molecule has 0 spiro atoms. The van der Waals surface area contributed by atoms with E-state index in [9.17, 15) is 0 Å². The van der Waals surface area contributed by atoms with E-state index >= 15 is 0 Å². The van der Waals surface area contributed by atoms with Crippen molar-refractivity contribution >= 4 is 11.3 Å². The summed E-state index contributed by atoms with van der Waals surface area (Å²) in [6.07, 6.45) is 1.48. The molecule has 90 valence electrons. The van der Waals surface area contributed by atoms with Crippen LogP contribution in [0.15, 0.2) is 36.7 Å². The third-order valence-electron chi connectivity index (χ3n) is 3.12. The highest BCUT2D eigenvalue weighted by molar-refractivity contribution is 5.88. The Labute approximate surface area is 105 Å². The van der Waals surface area contributed by atoms with Gasteiger partial charge in [-0.3, -0.25) is 0 Å². The topological polar surface area (TPSA) is 56.2 Å². The number of rotatable bonds is 1. The van der Waals surface area contributed by atoms with Crippen LogP contribution in [0.5, 0.6) is 0 Å². The fraction of sp³-hybridized carbons (Fsp3) is 0.143. The first kappa shape index (κ1) is 10.8. The second-order valence-corrected chi connectivity index (χ2v) is 4.47. The number of hydrogen-bond acceptors (Lipinski definition) is 3. The van der Waals surface area contributed by atoms with Gasteiger partial charge in [0.05, 0.1) is 0 Å². The van der Waals surface area contributed by atoms with Gasteiger partial charge in [-0.15, -0.1) is 0 Å². The molecule has 3 aromatic rings. The van der Waals surface area contributed by atoms with Crippen LogP contribution < -0.4 is 5.73 Å². The summed E-state index contributed by atoms with van der Waals surface area (Å²) in [5.41, 5.74) is 11.3. The van der Waals surface area contributed by atoms with E-state index in [2.05, 4.69) is 47.3 Å². The standard InChI is InChI=1S/C14H14N4/c1-9-3-5-11(6-4-9)12-7-10(2)18-13(12)14(15)16-8-17-18/h3-8H,1-2H3,(H2,15,16,17). The fourth-order valence-electron chi connectivity index (χ4n) is 2.18. The first-order chi connectivity index (χ1) is 8.66. The molecule has 18 heavy (non-hydrogen) atoms. The van der Waals surface area contributed by atoms with Crippen LogP contribution in [0, 0.1) is 13.8 Å². The zero-order valence-electron chi connectivity index (χ0n) is 10.4. The minimum Gasteiger partial charge on any atom is -0.382 e. The predicted molar refractivity (Wildman–Crippen MR) is 72.3 cm³/mol. The first-order valence-electron chi connectivity index (χ1n) is 5.82. The second kappa shape index (κ2) is 3.84. The van der Waals surface area contributed by atoms with Gasteiger partial charge in [0.2, 0.25) is 0 Å². The van der Waals surface area contributed by atoms with Crippen LogP contribution in [0.4, 0.5) is 5.82 Å². The summed E-state index contributed by atoms with van der Waals surface area (Å²) < 4.78 is 1.83. The van der Waals surface area contributed by atoms with Gasteiger partial charge in [0.25, 0.3) is 0 Å². The third-order valence-corrected chi connectivity index (χ3v) is 3.12. The Morgan fingerprint density at radius 2 is 1.83 bits per heavy atom. The molecule has 0 saturated heterocycles. The van der Waals surface area contributed by atoms with Gasteiger partial charge in [-0.05, 0) is 25.5 Å². The van der Waals surface area contributed by atoms with Gasteiger partial charge in [0.15, 0.2) is 5.82 Å². The highest BCUT2D eigenvalue weighted by Gasteiger charge is 2.12. The molecule has 2 N–H and O–H groups in total. The van der Waals surface area contributed by atoms with Gasteiger partial charge in [-0.2, -0.15) is 5.10 Å². The Morgan fingerprint density at radius 3 is 2.56 bits per heavy atom. The van der Waals surface area contributed by atoms with Crippen molar-refractivity contribution in [3.05, 3.63) is 47.9 Å². The molecular formula is C14H14N4. The van der Waals surface area contributed by atoms with E-state index in [1.165, 1.54) is 11.9 Å². The average Bonchev–Trinajstić information content (AvgIpc) is 2.70. The number of nitrogens with zero attached hydrogens (tertiary/aromatic N) is 3. The average molecular weight is 238 g/mol. The number of aromatic nitrogens is 3. The molecule has 4 heteroatoms. The number of benzene rings is 1. The molecule has 0 amide bonds. The summed E-state index contributed by atoms with van der Waals surface area (Å²) in [7, 11) is 0. The largest absolute Gasteiger partial charge is 0.382 e. The molecule has 3 rings (SSSR count). The summed E-state index contributed by atoms with van der Waals surface area (Å²) in [5.74, 6) is 0.508. The lowest BCUT2D eigenvalue weighted by Gasteiger charge is -2.03. The maximum atomic E-state index is 5.97. The quantitative estimate of drug-likeness (QED) is 0.709. The van der Waals surface area contributed by atoms with Crippen molar-refractivity contribution in [2.24, 2.45) is 0 Å². The molecule has 0 atom stereocenters. The monoisotopic (exact) mass is 238 g/mol. The van der Waals surface area contributed by atoms with Gasteiger partial charge in [0.1, 0.15) is 11.8 Å². The normalized spacial score (nSPS) is 11.0. The number of aryl methyl sites for hydroxylation is 2. The first-order valence-corrected chi connectivity index (χ1v) is 5.82. The molecule has 2 heterocycles. The fourth-order valence-corrected chi connectivity index (χ4v) is 2.18. The van der Waals surface area contributed by atoms with Gasteiger partial charge in [-0.1, -0.05) is 29.8 Å². The molecular weight excluding hydrogens is 224 g/mol. The molecule has 1 aromatic carbocycles. The van der Waals surface area contributed by atoms with E-state index in [-0.39, 0.29) is 0 Å². The molecule has 0 aliphatic heterocycles. The Hall–Kier alpha value is -2.36. The zero-order chi connectivity index (χ0) is 12.7. The van der Waals surface area contributed by atoms with Crippen molar-refractivity contribution in [1.82, 2.24) is 14.6 Å². The summed E-state index contributed by atoms with van der Waals surface area (Å²) >= 11 is 0. The predicted octanol–water partition coefficient (Wildman–Crippen LogP) is 2.60. The maximum absolute atomic E-state index is 5.97. The Kier molecular flexibility index (Phi) is 2.30. The maximum Gasteiger partial charge on any atom is 0.151 e. The Morgan fingerprint density at radius 1 is 1.11 bits per heavy atom. The zero-order valence-corrected chi connectivity index (χ0v) is 10.4. The van der Waals surface area contributed by atoms with Crippen molar-refractivity contribution in [2.75, 3.05) is 5.73 Å². The Bertz CT molecular complexity index is 710. The molecule has 0 fully saturated rings. The van der Waals surface area contributed by atoms with Gasteiger partial charge in [-0.25, -0.2) is 9.50 Å². The number of nitrogens with two attached hydrogens (primary N) is 1. The second-order valence-electron chi connectivity index (χ2n) is 4.47. The van der Waals surface area contributed by atoms with Crippen LogP contribution in [-0.2, 0) is 0 Å². The summed E-state index contributed by atoms with van der Waals surface area (Å²) in [4.78, 5) is 4.07. The number of hydrogen-bond donors (Lipinski definition) is 1. The van der Waals surface area contributed by atoms with Crippen LogP contribution in [0.1, 0.15) is 11.3 Å². The van der Waals surface area contributed by atoms with Crippen LogP contribution in [0.25, 0.3) is 16.6 Å². The van der Waals surface area contributed by atoms with Gasteiger partial charge >= 0.3 is 0 Å². The smallest absolute Gasteiger partial charge is 0.151 e. The highest BCUT2D eigenvalue weighted by atomic mass is 15.2. The molecule has 0 radical (unpaired) electrons. The molecule has 0 aliphatic rings. The molecule has 0 unspecified atom stereocenters. The van der Waals surface area contributed by atoms with Crippen molar-refractivity contribution in [1.29, 1.82) is 0 Å². The minimum atomic E-state index is 0.508. The van der Waals surface area contributed by atoms with Gasteiger partial charge < -0.3 is 5.73 Å². The highest BCUT2D eigenvalue weighted by Crippen LogP contribution is 2.29. The lowest BCUT2D eigenvalue weighted by atomic mass is 10.1. The summed E-state index contributed by atoms with van der Waals surface area (Å²) in [6.45, 7) is 4.08. The summed E-state index contributed by atoms with van der Waals surface area (Å²) in [6, 6.07) is 10.5. The molecule has 0 saturated carbocycles. The van der Waals surface area contributed by atoms with E-state index in [4.69, 9.17) is 5.73 Å². The van der Waals surface area contributed by atoms with Crippen molar-refractivity contribution in [2.45, 2.75) is 13.8 Å². The lowest BCUT2D eigenvalue weighted by Crippen LogP contribution is -2.00. The van der Waals surface area contributed by atoms with Gasteiger partial charge in [0, 0.05) is 11.3 Å². The molecule has 0 bridgehead atoms. The molecule has 2 aromatic heterocycles. The van der Waals surface area contributed by atoms with E-state index in [0.717, 1.165) is 22.3 Å². The third kappa shape index (κ3) is 1.54. The molecule has 4 nitrogen and oxygen atoms in total. The SMILES string of the molecule is Cc1ccc(-c2cc(C)n3ncnc(N)c23)cc1. The van der Waals surface area contributed by atoms with E-state index in [1.807, 2.05) is 11.4 Å². The minimum absolute atomic E-state index is 0.508. The van der Waals surface area contributed by atoms with Crippen LogP contribution in [0.2, 0.25) is 0 Å². The van der Waals surface area contributed by atoms with Crippen molar-refractivity contribution < 1.29 is 0 Å². The van der Waals surface area contributed by atoms with Crippen LogP contribution in [-0.4, -0.2) is 14.6 Å². The van der Waals surface area contributed by atoms with Crippen molar-refractivity contribution in [3.63, 3.8) is 0 Å².